The Hall–Kier alpha value is -3.40. The Bertz CT molecular complexity index is 923. The number of hydrogen-bond acceptors (Lipinski definition) is 5. The molecular formula is C20H27N5O5. The molecule has 2 aromatic rings. The number of aromatic amines is 1. The van der Waals surface area contributed by atoms with Crippen LogP contribution in [0.1, 0.15) is 19.4 Å². The Labute approximate surface area is 173 Å². The van der Waals surface area contributed by atoms with E-state index in [1.807, 2.05) is 24.3 Å². The van der Waals surface area contributed by atoms with Crippen LogP contribution in [0.3, 0.4) is 0 Å². The summed E-state index contributed by atoms with van der Waals surface area (Å²) < 4.78 is 0. The number of aromatic nitrogens is 1. The average molecular weight is 417 g/mol. The van der Waals surface area contributed by atoms with E-state index < -0.39 is 48.9 Å². The van der Waals surface area contributed by atoms with E-state index in [1.165, 1.54) is 0 Å². The van der Waals surface area contributed by atoms with Gasteiger partial charge in [-0.25, -0.2) is 0 Å². The summed E-state index contributed by atoms with van der Waals surface area (Å²) in [6, 6.07) is 5.79. The molecule has 30 heavy (non-hydrogen) atoms. The normalized spacial score (nSPS) is 12.9. The number of hydrogen-bond donors (Lipinski definition) is 6. The van der Waals surface area contributed by atoms with Gasteiger partial charge in [-0.2, -0.15) is 0 Å². The summed E-state index contributed by atoms with van der Waals surface area (Å²) >= 11 is 0. The van der Waals surface area contributed by atoms with Gasteiger partial charge >= 0.3 is 5.97 Å². The van der Waals surface area contributed by atoms with Gasteiger partial charge in [0.05, 0.1) is 12.6 Å². The zero-order valence-corrected chi connectivity index (χ0v) is 16.9. The molecule has 0 radical (unpaired) electrons. The Morgan fingerprint density at radius 3 is 2.43 bits per heavy atom. The number of rotatable bonds is 10. The molecule has 2 atom stereocenters. The molecule has 10 nitrogen and oxygen atoms in total. The van der Waals surface area contributed by atoms with Crippen LogP contribution in [0.15, 0.2) is 30.5 Å². The zero-order valence-electron chi connectivity index (χ0n) is 16.9. The van der Waals surface area contributed by atoms with Crippen LogP contribution in [-0.4, -0.2) is 59.0 Å². The molecular weight excluding hydrogens is 390 g/mol. The van der Waals surface area contributed by atoms with Crippen molar-refractivity contribution in [2.45, 2.75) is 32.4 Å². The van der Waals surface area contributed by atoms with Gasteiger partial charge in [0.15, 0.2) is 0 Å². The number of nitrogens with two attached hydrogens (primary N) is 1. The number of amides is 3. The largest absolute Gasteiger partial charge is 0.480 e. The van der Waals surface area contributed by atoms with Gasteiger partial charge in [-0.15, -0.1) is 0 Å². The van der Waals surface area contributed by atoms with Crippen molar-refractivity contribution in [2.24, 2.45) is 11.7 Å². The first-order valence-corrected chi connectivity index (χ1v) is 9.56. The van der Waals surface area contributed by atoms with Crippen LogP contribution in [0, 0.1) is 5.92 Å². The molecule has 0 aliphatic carbocycles. The van der Waals surface area contributed by atoms with Crippen LogP contribution in [0.5, 0.6) is 0 Å². The van der Waals surface area contributed by atoms with Gasteiger partial charge in [-0.05, 0) is 17.5 Å². The predicted molar refractivity (Wildman–Crippen MR) is 110 cm³/mol. The molecule has 0 spiro atoms. The fourth-order valence-corrected chi connectivity index (χ4v) is 2.83. The molecule has 0 saturated carbocycles. The lowest BCUT2D eigenvalue weighted by atomic mass is 10.0. The Balaban J connectivity index is 2.12. The SMILES string of the molecule is CC(C)C(N)C(=O)NC(Cc1c[nH]c2ccccc12)C(=O)NCC(=O)NCC(=O)O. The zero-order chi connectivity index (χ0) is 22.3. The molecule has 3 amide bonds. The summed E-state index contributed by atoms with van der Waals surface area (Å²) in [6.45, 7) is 2.63. The number of carboxylic acids is 1. The maximum absolute atomic E-state index is 12.7. The van der Waals surface area contributed by atoms with Crippen molar-refractivity contribution in [1.82, 2.24) is 20.9 Å². The first-order chi connectivity index (χ1) is 14.2. The van der Waals surface area contributed by atoms with Crippen LogP contribution in [0.4, 0.5) is 0 Å². The highest BCUT2D eigenvalue weighted by molar-refractivity contribution is 5.93. The lowest BCUT2D eigenvalue weighted by Gasteiger charge is -2.22. The molecule has 0 aliphatic heterocycles. The van der Waals surface area contributed by atoms with Crippen molar-refractivity contribution in [1.29, 1.82) is 0 Å². The van der Waals surface area contributed by atoms with Crippen LogP contribution >= 0.6 is 0 Å². The number of para-hydroxylation sites is 1. The molecule has 2 unspecified atom stereocenters. The van der Waals surface area contributed by atoms with Crippen LogP contribution in [0.25, 0.3) is 10.9 Å². The van der Waals surface area contributed by atoms with E-state index in [0.29, 0.717) is 0 Å². The van der Waals surface area contributed by atoms with Crippen molar-refractivity contribution in [3.63, 3.8) is 0 Å². The fourth-order valence-electron chi connectivity index (χ4n) is 2.83. The molecule has 7 N–H and O–H groups in total. The van der Waals surface area contributed by atoms with E-state index >= 15 is 0 Å². The van der Waals surface area contributed by atoms with Gasteiger partial charge in [-0.1, -0.05) is 32.0 Å². The molecule has 10 heteroatoms. The standard InChI is InChI=1S/C20H27N5O5/c1-11(2)18(21)20(30)25-15(19(29)24-9-16(26)23-10-17(27)28)7-12-8-22-14-6-4-3-5-13(12)14/h3-6,8,11,15,18,22H,7,9-10,21H2,1-2H3,(H,23,26)(H,24,29)(H,25,30)(H,27,28). The number of nitrogens with one attached hydrogen (secondary N) is 4. The summed E-state index contributed by atoms with van der Waals surface area (Å²) in [4.78, 5) is 50.5. The molecule has 0 aliphatic rings. The summed E-state index contributed by atoms with van der Waals surface area (Å²) in [5, 5.41) is 16.7. The van der Waals surface area contributed by atoms with Crippen molar-refractivity contribution in [2.75, 3.05) is 13.1 Å². The average Bonchev–Trinajstić information content (AvgIpc) is 3.12. The van der Waals surface area contributed by atoms with Gasteiger partial charge in [0.2, 0.25) is 17.7 Å². The Kier molecular flexibility index (Phi) is 7.93. The number of benzene rings is 1. The first-order valence-electron chi connectivity index (χ1n) is 9.56. The molecule has 162 valence electrons. The number of H-pyrrole nitrogens is 1. The highest BCUT2D eigenvalue weighted by Crippen LogP contribution is 2.19. The van der Waals surface area contributed by atoms with E-state index in [4.69, 9.17) is 10.8 Å². The molecule has 2 rings (SSSR count). The van der Waals surface area contributed by atoms with Crippen molar-refractivity contribution in [3.05, 3.63) is 36.0 Å². The van der Waals surface area contributed by atoms with E-state index in [9.17, 15) is 19.2 Å². The highest BCUT2D eigenvalue weighted by Gasteiger charge is 2.26. The first kappa shape index (κ1) is 22.9. The van der Waals surface area contributed by atoms with E-state index in [-0.39, 0.29) is 12.3 Å². The van der Waals surface area contributed by atoms with Crippen molar-refractivity contribution < 1.29 is 24.3 Å². The molecule has 1 aromatic heterocycles. The maximum atomic E-state index is 12.7. The third kappa shape index (κ3) is 6.31. The summed E-state index contributed by atoms with van der Waals surface area (Å²) in [5.74, 6) is -3.01. The van der Waals surface area contributed by atoms with E-state index in [1.54, 1.807) is 20.0 Å². The minimum atomic E-state index is -1.19. The maximum Gasteiger partial charge on any atom is 0.322 e. The highest BCUT2D eigenvalue weighted by atomic mass is 16.4. The van der Waals surface area contributed by atoms with Crippen molar-refractivity contribution in [3.8, 4) is 0 Å². The monoisotopic (exact) mass is 417 g/mol. The van der Waals surface area contributed by atoms with E-state index in [0.717, 1.165) is 16.5 Å². The summed E-state index contributed by atoms with van der Waals surface area (Å²) in [5.41, 5.74) is 7.61. The second-order valence-corrected chi connectivity index (χ2v) is 7.28. The van der Waals surface area contributed by atoms with Gasteiger partial charge in [0.25, 0.3) is 0 Å². The summed E-state index contributed by atoms with van der Waals surface area (Å²) in [7, 11) is 0. The molecule has 0 fully saturated rings. The molecule has 0 bridgehead atoms. The van der Waals surface area contributed by atoms with Crippen molar-refractivity contribution >= 4 is 34.6 Å². The van der Waals surface area contributed by atoms with Crippen LogP contribution in [-0.2, 0) is 25.6 Å². The third-order valence-electron chi connectivity index (χ3n) is 4.61. The summed E-state index contributed by atoms with van der Waals surface area (Å²) in [6.07, 6.45) is 1.95. The minimum absolute atomic E-state index is 0.122. The van der Waals surface area contributed by atoms with Gasteiger partial charge in [-0.3, -0.25) is 19.2 Å². The van der Waals surface area contributed by atoms with Crippen LogP contribution < -0.4 is 21.7 Å². The fraction of sp³-hybridized carbons (Fsp3) is 0.400. The number of fused-ring (bicyclic) bond motifs is 1. The number of carbonyl (C=O) groups excluding carboxylic acids is 3. The second kappa shape index (κ2) is 10.4. The molecule has 0 saturated heterocycles. The second-order valence-electron chi connectivity index (χ2n) is 7.28. The van der Waals surface area contributed by atoms with Crippen LogP contribution in [0.2, 0.25) is 0 Å². The smallest absolute Gasteiger partial charge is 0.322 e. The Morgan fingerprint density at radius 1 is 1.07 bits per heavy atom. The Morgan fingerprint density at radius 2 is 1.77 bits per heavy atom. The number of aliphatic carboxylic acids is 1. The topological polar surface area (TPSA) is 166 Å². The van der Waals surface area contributed by atoms with Gasteiger partial charge in [0, 0.05) is 23.5 Å². The predicted octanol–water partition coefficient (Wildman–Crippen LogP) is -0.504. The number of carbonyl (C=O) groups is 4. The van der Waals surface area contributed by atoms with E-state index in [2.05, 4.69) is 20.9 Å². The molecule has 1 heterocycles. The van der Waals surface area contributed by atoms with Gasteiger partial charge < -0.3 is 31.8 Å². The number of carboxylic acid groups (broad SMARTS) is 1. The quantitative estimate of drug-likeness (QED) is 0.305. The lowest BCUT2D eigenvalue weighted by molar-refractivity contribution is -0.138. The molecule has 1 aromatic carbocycles. The minimum Gasteiger partial charge on any atom is -0.480 e. The van der Waals surface area contributed by atoms with Gasteiger partial charge in [0.1, 0.15) is 12.6 Å². The third-order valence-corrected chi connectivity index (χ3v) is 4.61. The lowest BCUT2D eigenvalue weighted by Crippen LogP contribution is -2.54.